The Kier molecular flexibility index (Phi) is 9.40. The Morgan fingerprint density at radius 3 is 1.72 bits per heavy atom. The molecular formula is C17H34O. The minimum atomic E-state index is -0.142. The molecule has 18 heavy (non-hydrogen) atoms. The van der Waals surface area contributed by atoms with Gasteiger partial charge in [-0.05, 0) is 12.3 Å². The molecule has 0 amide bonds. The molecule has 0 atom stereocenters. The summed E-state index contributed by atoms with van der Waals surface area (Å²) in [5.74, 6) is 1.27. The third-order valence-corrected chi connectivity index (χ3v) is 3.52. The second-order valence-corrected chi connectivity index (χ2v) is 7.08. The molecule has 0 saturated heterocycles. The maximum absolute atomic E-state index is 11.7. The first-order chi connectivity index (χ1) is 8.34. The van der Waals surface area contributed by atoms with E-state index >= 15 is 0 Å². The zero-order valence-electron chi connectivity index (χ0n) is 13.3. The van der Waals surface area contributed by atoms with Crippen LogP contribution in [0.5, 0.6) is 0 Å². The van der Waals surface area contributed by atoms with Gasteiger partial charge in [-0.25, -0.2) is 0 Å². The van der Waals surface area contributed by atoms with E-state index in [2.05, 4.69) is 13.8 Å². The maximum atomic E-state index is 11.7. The van der Waals surface area contributed by atoms with E-state index in [0.717, 1.165) is 18.8 Å². The molecule has 0 aliphatic heterocycles. The van der Waals surface area contributed by atoms with Gasteiger partial charge in [0.05, 0.1) is 0 Å². The molecule has 0 radical (unpaired) electrons. The van der Waals surface area contributed by atoms with E-state index in [4.69, 9.17) is 0 Å². The molecule has 1 heteroatoms. The smallest absolute Gasteiger partial charge is 0.138 e. The molecule has 0 bridgehead atoms. The minimum Gasteiger partial charge on any atom is -0.299 e. The molecule has 0 N–H and O–H groups in total. The lowest BCUT2D eigenvalue weighted by Gasteiger charge is -2.16. The second kappa shape index (κ2) is 9.58. The first-order valence-corrected chi connectivity index (χ1v) is 7.87. The van der Waals surface area contributed by atoms with Gasteiger partial charge >= 0.3 is 0 Å². The molecule has 0 saturated carbocycles. The van der Waals surface area contributed by atoms with E-state index in [0.29, 0.717) is 5.78 Å². The van der Waals surface area contributed by atoms with Crippen LogP contribution in [0.1, 0.15) is 92.4 Å². The molecule has 0 fully saturated rings. The highest BCUT2D eigenvalue weighted by atomic mass is 16.1. The molecule has 1 nitrogen and oxygen atoms in total. The highest BCUT2D eigenvalue weighted by molar-refractivity contribution is 5.83. The quantitative estimate of drug-likeness (QED) is 0.452. The fraction of sp³-hybridized carbons (Fsp3) is 0.941. The van der Waals surface area contributed by atoms with Crippen molar-refractivity contribution in [2.24, 2.45) is 11.3 Å². The molecular weight excluding hydrogens is 220 g/mol. The van der Waals surface area contributed by atoms with E-state index in [1.807, 2.05) is 20.8 Å². The molecule has 0 unspecified atom stereocenters. The standard InChI is InChI=1S/C17H34O/c1-15(2)13-11-9-7-6-8-10-12-14-16(18)17(3,4)5/h15H,6-14H2,1-5H3. The van der Waals surface area contributed by atoms with Crippen LogP contribution in [-0.2, 0) is 4.79 Å². The number of hydrogen-bond donors (Lipinski definition) is 0. The lowest BCUT2D eigenvalue weighted by molar-refractivity contribution is -0.126. The summed E-state index contributed by atoms with van der Waals surface area (Å²) in [6, 6.07) is 0. The highest BCUT2D eigenvalue weighted by Gasteiger charge is 2.19. The first-order valence-electron chi connectivity index (χ1n) is 7.87. The summed E-state index contributed by atoms with van der Waals surface area (Å²) in [4.78, 5) is 11.7. The zero-order chi connectivity index (χ0) is 14.0. The Labute approximate surface area is 115 Å². The van der Waals surface area contributed by atoms with Gasteiger partial charge in [0, 0.05) is 11.8 Å². The number of carbonyl (C=O) groups is 1. The van der Waals surface area contributed by atoms with Crippen molar-refractivity contribution in [3.63, 3.8) is 0 Å². The molecule has 0 aromatic carbocycles. The van der Waals surface area contributed by atoms with Gasteiger partial charge in [0.1, 0.15) is 5.78 Å². The predicted molar refractivity (Wildman–Crippen MR) is 80.9 cm³/mol. The van der Waals surface area contributed by atoms with Gasteiger partial charge in [-0.2, -0.15) is 0 Å². The Hall–Kier alpha value is -0.330. The fourth-order valence-electron chi connectivity index (χ4n) is 2.10. The third-order valence-electron chi connectivity index (χ3n) is 3.52. The maximum Gasteiger partial charge on any atom is 0.138 e. The number of hydrogen-bond acceptors (Lipinski definition) is 1. The third kappa shape index (κ3) is 10.8. The summed E-state index contributed by atoms with van der Waals surface area (Å²) < 4.78 is 0. The predicted octanol–water partition coefficient (Wildman–Crippen LogP) is 5.77. The number of carbonyl (C=O) groups excluding carboxylic acids is 1. The number of rotatable bonds is 10. The Balaban J connectivity index is 3.24. The lowest BCUT2D eigenvalue weighted by Crippen LogP contribution is -2.19. The van der Waals surface area contributed by atoms with Gasteiger partial charge in [-0.15, -0.1) is 0 Å². The van der Waals surface area contributed by atoms with Gasteiger partial charge in [0.15, 0.2) is 0 Å². The van der Waals surface area contributed by atoms with Crippen LogP contribution in [0, 0.1) is 11.3 Å². The van der Waals surface area contributed by atoms with Crippen molar-refractivity contribution >= 4 is 5.78 Å². The Bertz CT molecular complexity index is 210. The summed E-state index contributed by atoms with van der Waals surface area (Å²) in [6.07, 6.45) is 11.3. The molecule has 0 aromatic heterocycles. The minimum absolute atomic E-state index is 0.142. The zero-order valence-corrected chi connectivity index (χ0v) is 13.3. The van der Waals surface area contributed by atoms with Crippen LogP contribution < -0.4 is 0 Å². The number of Topliss-reactive ketones (excluding diaryl/α,β-unsaturated/α-hetero) is 1. The van der Waals surface area contributed by atoms with Crippen molar-refractivity contribution < 1.29 is 4.79 Å². The van der Waals surface area contributed by atoms with Crippen molar-refractivity contribution in [3.05, 3.63) is 0 Å². The molecule has 0 spiro atoms. The van der Waals surface area contributed by atoms with Gasteiger partial charge in [0.25, 0.3) is 0 Å². The molecule has 0 aliphatic carbocycles. The van der Waals surface area contributed by atoms with Crippen LogP contribution in [0.4, 0.5) is 0 Å². The highest BCUT2D eigenvalue weighted by Crippen LogP contribution is 2.19. The van der Waals surface area contributed by atoms with E-state index in [9.17, 15) is 4.79 Å². The first kappa shape index (κ1) is 17.7. The number of unbranched alkanes of at least 4 members (excludes halogenated alkanes) is 6. The topological polar surface area (TPSA) is 17.1 Å². The second-order valence-electron chi connectivity index (χ2n) is 7.08. The number of ketones is 1. The van der Waals surface area contributed by atoms with Gasteiger partial charge in [-0.3, -0.25) is 4.79 Å². The van der Waals surface area contributed by atoms with Gasteiger partial charge in [-0.1, -0.05) is 79.6 Å². The van der Waals surface area contributed by atoms with Crippen LogP contribution in [0.25, 0.3) is 0 Å². The summed E-state index contributed by atoms with van der Waals surface area (Å²) in [7, 11) is 0. The molecule has 108 valence electrons. The van der Waals surface area contributed by atoms with Crippen LogP contribution >= 0.6 is 0 Å². The molecule has 0 heterocycles. The molecule has 0 aromatic rings. The summed E-state index contributed by atoms with van der Waals surface area (Å²) in [6.45, 7) is 10.6. The van der Waals surface area contributed by atoms with Gasteiger partial charge in [0.2, 0.25) is 0 Å². The van der Waals surface area contributed by atoms with E-state index in [1.54, 1.807) is 0 Å². The monoisotopic (exact) mass is 254 g/mol. The van der Waals surface area contributed by atoms with Crippen molar-refractivity contribution in [1.29, 1.82) is 0 Å². The van der Waals surface area contributed by atoms with Crippen molar-refractivity contribution in [3.8, 4) is 0 Å². The van der Waals surface area contributed by atoms with E-state index in [-0.39, 0.29) is 5.41 Å². The lowest BCUT2D eigenvalue weighted by atomic mass is 9.88. The summed E-state index contributed by atoms with van der Waals surface area (Å²) in [5.41, 5.74) is -0.142. The van der Waals surface area contributed by atoms with Gasteiger partial charge < -0.3 is 0 Å². The van der Waals surface area contributed by atoms with Crippen LogP contribution in [0.15, 0.2) is 0 Å². The van der Waals surface area contributed by atoms with Crippen molar-refractivity contribution in [2.45, 2.75) is 92.4 Å². The largest absolute Gasteiger partial charge is 0.299 e. The van der Waals surface area contributed by atoms with Crippen LogP contribution in [0.2, 0.25) is 0 Å². The fourth-order valence-corrected chi connectivity index (χ4v) is 2.10. The Morgan fingerprint density at radius 1 is 0.833 bits per heavy atom. The summed E-state index contributed by atoms with van der Waals surface area (Å²) in [5, 5.41) is 0. The van der Waals surface area contributed by atoms with Crippen LogP contribution in [0.3, 0.4) is 0 Å². The normalized spacial score (nSPS) is 12.1. The Morgan fingerprint density at radius 2 is 1.28 bits per heavy atom. The molecule has 0 aliphatic rings. The van der Waals surface area contributed by atoms with Crippen molar-refractivity contribution in [1.82, 2.24) is 0 Å². The average Bonchev–Trinajstić information content (AvgIpc) is 2.24. The van der Waals surface area contributed by atoms with Crippen LogP contribution in [-0.4, -0.2) is 5.78 Å². The van der Waals surface area contributed by atoms with E-state index < -0.39 is 0 Å². The SMILES string of the molecule is CC(C)CCCCCCCCCC(=O)C(C)(C)C. The average molecular weight is 254 g/mol. The van der Waals surface area contributed by atoms with Crippen molar-refractivity contribution in [2.75, 3.05) is 0 Å². The molecule has 0 rings (SSSR count). The summed E-state index contributed by atoms with van der Waals surface area (Å²) >= 11 is 0. The van der Waals surface area contributed by atoms with E-state index in [1.165, 1.54) is 44.9 Å².